The molecule has 0 spiro atoms. The van der Waals surface area contributed by atoms with E-state index in [0.717, 1.165) is 12.0 Å². The molecule has 0 aliphatic carbocycles. The molecule has 3 aromatic rings. The van der Waals surface area contributed by atoms with Crippen molar-refractivity contribution in [2.24, 2.45) is 11.1 Å². The van der Waals surface area contributed by atoms with Crippen LogP contribution in [-0.4, -0.2) is 27.1 Å². The van der Waals surface area contributed by atoms with Crippen molar-refractivity contribution in [3.8, 4) is 0 Å². The van der Waals surface area contributed by atoms with E-state index in [-0.39, 0.29) is 24.6 Å². The van der Waals surface area contributed by atoms with Gasteiger partial charge in [-0.3, -0.25) is 0 Å². The Bertz CT molecular complexity index is 1220. The number of hydrogen-bond acceptors (Lipinski definition) is 4. The first-order valence-corrected chi connectivity index (χ1v) is 11.9. The van der Waals surface area contributed by atoms with Crippen molar-refractivity contribution < 1.29 is 13.2 Å². The molecule has 5 nitrogen and oxygen atoms in total. The van der Waals surface area contributed by atoms with Gasteiger partial charge in [0.2, 0.25) is 0 Å². The maximum absolute atomic E-state index is 14.5. The lowest BCUT2D eigenvalue weighted by Crippen LogP contribution is -2.50. The van der Waals surface area contributed by atoms with Crippen LogP contribution in [0.5, 0.6) is 0 Å². The number of alkyl halides is 2. The first kappa shape index (κ1) is 25.0. The number of aromatic nitrogens is 3. The van der Waals surface area contributed by atoms with Crippen LogP contribution in [0.1, 0.15) is 62.0 Å². The second kappa shape index (κ2) is 9.49. The Morgan fingerprint density at radius 2 is 1.91 bits per heavy atom. The number of rotatable bonds is 8. The molecule has 3 unspecified atom stereocenters. The van der Waals surface area contributed by atoms with E-state index < -0.39 is 23.9 Å². The SMILES string of the molecule is C=C(CC)C1(Cc2ccc3nc(C(N)C(CC)c4ccc(F)cc4)cn3n2)CC(F)(F)CNC1=C. The maximum Gasteiger partial charge on any atom is 0.266 e. The lowest BCUT2D eigenvalue weighted by molar-refractivity contribution is -0.0471. The highest BCUT2D eigenvalue weighted by atomic mass is 19.3. The van der Waals surface area contributed by atoms with Gasteiger partial charge in [-0.1, -0.05) is 44.7 Å². The molecular formula is C27H32F3N5. The summed E-state index contributed by atoms with van der Waals surface area (Å²) >= 11 is 0. The number of nitrogens with zero attached hydrogens (tertiary/aromatic N) is 3. The normalized spacial score (nSPS) is 21.5. The molecule has 3 atom stereocenters. The Balaban J connectivity index is 1.64. The Labute approximate surface area is 203 Å². The quantitative estimate of drug-likeness (QED) is 0.404. The lowest BCUT2D eigenvalue weighted by Gasteiger charge is -2.44. The summed E-state index contributed by atoms with van der Waals surface area (Å²) in [7, 11) is 0. The number of allylic oxidation sites excluding steroid dienone is 1. The average molecular weight is 484 g/mol. The first-order chi connectivity index (χ1) is 16.6. The maximum atomic E-state index is 14.5. The van der Waals surface area contributed by atoms with Crippen LogP contribution in [-0.2, 0) is 6.42 Å². The molecule has 1 aromatic carbocycles. The molecule has 4 rings (SSSR count). The molecule has 1 aliphatic rings. The number of imidazole rings is 1. The number of halogens is 3. The van der Waals surface area contributed by atoms with Gasteiger partial charge < -0.3 is 11.1 Å². The van der Waals surface area contributed by atoms with E-state index in [9.17, 15) is 13.2 Å². The minimum absolute atomic E-state index is 0.0463. The van der Waals surface area contributed by atoms with Gasteiger partial charge in [0.1, 0.15) is 5.82 Å². The van der Waals surface area contributed by atoms with E-state index >= 15 is 0 Å². The van der Waals surface area contributed by atoms with Crippen LogP contribution in [0.25, 0.3) is 5.65 Å². The summed E-state index contributed by atoms with van der Waals surface area (Å²) in [6.45, 7) is 11.7. The smallest absolute Gasteiger partial charge is 0.266 e. The van der Waals surface area contributed by atoms with Crippen molar-refractivity contribution >= 4 is 5.65 Å². The molecule has 3 heterocycles. The third-order valence-electron chi connectivity index (χ3n) is 7.19. The fraction of sp³-hybridized carbons (Fsp3) is 0.407. The summed E-state index contributed by atoms with van der Waals surface area (Å²) in [5, 5.41) is 7.48. The van der Waals surface area contributed by atoms with Crippen LogP contribution >= 0.6 is 0 Å². The van der Waals surface area contributed by atoms with Crippen LogP contribution in [0.2, 0.25) is 0 Å². The highest BCUT2D eigenvalue weighted by molar-refractivity contribution is 5.41. The Morgan fingerprint density at radius 1 is 1.20 bits per heavy atom. The predicted molar refractivity (Wildman–Crippen MR) is 132 cm³/mol. The molecule has 35 heavy (non-hydrogen) atoms. The van der Waals surface area contributed by atoms with Crippen molar-refractivity contribution in [1.82, 2.24) is 19.9 Å². The molecule has 8 heteroatoms. The molecule has 0 bridgehead atoms. The van der Waals surface area contributed by atoms with E-state index in [1.54, 1.807) is 28.9 Å². The van der Waals surface area contributed by atoms with E-state index in [0.29, 0.717) is 34.7 Å². The number of benzene rings is 1. The zero-order chi connectivity index (χ0) is 25.4. The number of hydrogen-bond donors (Lipinski definition) is 2. The number of nitrogens with two attached hydrogens (primary N) is 1. The number of piperidine rings is 1. The zero-order valence-electron chi connectivity index (χ0n) is 20.2. The Kier molecular flexibility index (Phi) is 6.77. The summed E-state index contributed by atoms with van der Waals surface area (Å²) in [4.78, 5) is 4.65. The molecule has 3 N–H and O–H groups in total. The molecule has 1 saturated heterocycles. The highest BCUT2D eigenvalue weighted by Gasteiger charge is 2.49. The van der Waals surface area contributed by atoms with Gasteiger partial charge >= 0.3 is 0 Å². The molecular weight excluding hydrogens is 451 g/mol. The van der Waals surface area contributed by atoms with Crippen LogP contribution < -0.4 is 11.1 Å². The molecule has 0 saturated carbocycles. The van der Waals surface area contributed by atoms with Gasteiger partial charge in [0.05, 0.1) is 30.2 Å². The van der Waals surface area contributed by atoms with Crippen molar-refractivity contribution in [3.63, 3.8) is 0 Å². The van der Waals surface area contributed by atoms with Gasteiger partial charge in [0.15, 0.2) is 5.65 Å². The summed E-state index contributed by atoms with van der Waals surface area (Å²) in [5.41, 5.74) is 9.70. The average Bonchev–Trinajstić information content (AvgIpc) is 3.26. The summed E-state index contributed by atoms with van der Waals surface area (Å²) in [6, 6.07) is 9.56. The molecule has 1 fully saturated rings. The van der Waals surface area contributed by atoms with Crippen molar-refractivity contribution in [1.29, 1.82) is 0 Å². The summed E-state index contributed by atoms with van der Waals surface area (Å²) in [5.74, 6) is -3.21. The van der Waals surface area contributed by atoms with Crippen molar-refractivity contribution in [2.45, 2.75) is 57.4 Å². The zero-order valence-corrected chi connectivity index (χ0v) is 20.2. The summed E-state index contributed by atoms with van der Waals surface area (Å²) in [6.07, 6.45) is 2.99. The second-order valence-corrected chi connectivity index (χ2v) is 9.47. The van der Waals surface area contributed by atoms with Crippen molar-refractivity contribution in [3.05, 3.63) is 89.8 Å². The van der Waals surface area contributed by atoms with Gasteiger partial charge in [-0.2, -0.15) is 5.10 Å². The van der Waals surface area contributed by atoms with E-state index in [2.05, 4.69) is 28.6 Å². The standard InChI is InChI=1S/C27H32F3N5/c1-5-17(3)26(15-27(29,30)16-32-18(26)4)13-21-11-12-24-33-23(14-35(24)34-21)25(31)22(6-2)19-7-9-20(28)10-8-19/h7-12,14,22,25,32H,3-6,13,15-16,31H2,1-2H3. The van der Waals surface area contributed by atoms with Crippen LogP contribution in [0.4, 0.5) is 13.2 Å². The van der Waals surface area contributed by atoms with Gasteiger partial charge in [-0.15, -0.1) is 0 Å². The monoisotopic (exact) mass is 483 g/mol. The van der Waals surface area contributed by atoms with Crippen LogP contribution in [0.3, 0.4) is 0 Å². The second-order valence-electron chi connectivity index (χ2n) is 9.47. The lowest BCUT2D eigenvalue weighted by atomic mass is 9.67. The van der Waals surface area contributed by atoms with Gasteiger partial charge in [0, 0.05) is 29.9 Å². The fourth-order valence-electron chi connectivity index (χ4n) is 5.10. The highest BCUT2D eigenvalue weighted by Crippen LogP contribution is 2.48. The first-order valence-electron chi connectivity index (χ1n) is 11.9. The fourth-order valence-corrected chi connectivity index (χ4v) is 5.10. The third kappa shape index (κ3) is 4.85. The predicted octanol–water partition coefficient (Wildman–Crippen LogP) is 5.70. The Morgan fingerprint density at radius 3 is 2.57 bits per heavy atom. The van der Waals surface area contributed by atoms with Crippen LogP contribution in [0, 0.1) is 11.2 Å². The molecule has 0 radical (unpaired) electrons. The van der Waals surface area contributed by atoms with E-state index in [1.807, 2.05) is 19.9 Å². The minimum atomic E-state index is -2.87. The molecule has 2 aromatic heterocycles. The van der Waals surface area contributed by atoms with Crippen molar-refractivity contribution in [2.75, 3.05) is 6.54 Å². The molecule has 0 amide bonds. The number of nitrogens with one attached hydrogen (secondary N) is 1. The molecule has 1 aliphatic heterocycles. The third-order valence-corrected chi connectivity index (χ3v) is 7.19. The van der Waals surface area contributed by atoms with Gasteiger partial charge in [-0.25, -0.2) is 22.7 Å². The van der Waals surface area contributed by atoms with Crippen LogP contribution in [0.15, 0.2) is 67.0 Å². The van der Waals surface area contributed by atoms with E-state index in [4.69, 9.17) is 5.73 Å². The number of fused-ring (bicyclic) bond motifs is 1. The van der Waals surface area contributed by atoms with Gasteiger partial charge in [0.25, 0.3) is 5.92 Å². The van der Waals surface area contributed by atoms with E-state index in [1.165, 1.54) is 12.1 Å². The summed E-state index contributed by atoms with van der Waals surface area (Å²) < 4.78 is 44.0. The Hall–Kier alpha value is -3.13. The molecule has 186 valence electrons. The topological polar surface area (TPSA) is 68.2 Å². The minimum Gasteiger partial charge on any atom is -0.382 e. The largest absolute Gasteiger partial charge is 0.382 e. The van der Waals surface area contributed by atoms with Gasteiger partial charge in [-0.05, 0) is 42.7 Å².